The van der Waals surface area contributed by atoms with Crippen LogP contribution in [0.15, 0.2) is 97.5 Å². The molecular formula is C62H80N12O12. The Balaban J connectivity index is 0.549. The molecule has 3 aliphatic rings. The quantitative estimate of drug-likeness (QED) is 0.0267. The third-order valence-electron chi connectivity index (χ3n) is 15.0. The number of likely N-dealkylation sites (N-methyl/N-ethyl adjacent to an activating group) is 1. The summed E-state index contributed by atoms with van der Waals surface area (Å²) in [4.78, 5) is 63.5. The van der Waals surface area contributed by atoms with E-state index in [9.17, 15) is 14.4 Å². The van der Waals surface area contributed by atoms with Crippen LogP contribution in [0.5, 0.6) is 17.2 Å². The van der Waals surface area contributed by atoms with Crippen molar-refractivity contribution in [2.45, 2.75) is 70.0 Å². The lowest BCUT2D eigenvalue weighted by Crippen LogP contribution is -2.55. The zero-order valence-corrected chi connectivity index (χ0v) is 49.4. The van der Waals surface area contributed by atoms with Crippen LogP contribution in [-0.4, -0.2) is 191 Å². The average molecular weight is 1190 g/mol. The van der Waals surface area contributed by atoms with E-state index in [2.05, 4.69) is 30.5 Å². The van der Waals surface area contributed by atoms with Crippen LogP contribution in [0.3, 0.4) is 0 Å². The van der Waals surface area contributed by atoms with Gasteiger partial charge in [0.05, 0.1) is 123 Å². The van der Waals surface area contributed by atoms with Crippen molar-refractivity contribution in [2.24, 2.45) is 0 Å². The number of benzene rings is 3. The van der Waals surface area contributed by atoms with E-state index in [1.54, 1.807) is 55.6 Å². The van der Waals surface area contributed by atoms with E-state index in [1.807, 2.05) is 71.1 Å². The number of rotatable bonds is 34. The summed E-state index contributed by atoms with van der Waals surface area (Å²) in [6.45, 7) is 9.03. The molecule has 6 aromatic rings. The molecule has 1 aliphatic carbocycles. The molecule has 5 heterocycles. The van der Waals surface area contributed by atoms with Crippen LogP contribution >= 0.6 is 0 Å². The number of amides is 3. The van der Waals surface area contributed by atoms with Gasteiger partial charge in [0.15, 0.2) is 11.5 Å². The number of hydrogen-bond donors (Lipinski definition) is 3. The van der Waals surface area contributed by atoms with E-state index in [4.69, 9.17) is 58.4 Å². The number of nitrogens with two attached hydrogens (primary N) is 1. The third-order valence-corrected chi connectivity index (χ3v) is 15.0. The van der Waals surface area contributed by atoms with Crippen molar-refractivity contribution < 1.29 is 57.0 Å². The highest BCUT2D eigenvalue weighted by Crippen LogP contribution is 2.41. The Morgan fingerprint density at radius 2 is 1.38 bits per heavy atom. The first-order valence-electron chi connectivity index (χ1n) is 29.7. The number of methoxy groups -OCH3 is 1. The summed E-state index contributed by atoms with van der Waals surface area (Å²) in [6, 6.07) is 22.3. The van der Waals surface area contributed by atoms with Gasteiger partial charge in [0, 0.05) is 49.9 Å². The highest BCUT2D eigenvalue weighted by atomic mass is 16.6. The van der Waals surface area contributed by atoms with Crippen LogP contribution in [0.25, 0.3) is 22.3 Å². The van der Waals surface area contributed by atoms with E-state index in [0.717, 1.165) is 55.7 Å². The normalized spacial score (nSPS) is 16.3. The summed E-state index contributed by atoms with van der Waals surface area (Å²) >= 11 is 0. The Morgan fingerprint density at radius 1 is 0.744 bits per heavy atom. The molecule has 0 unspecified atom stereocenters. The van der Waals surface area contributed by atoms with Crippen LogP contribution in [0, 0.1) is 0 Å². The number of hydrogen-bond acceptors (Lipinski definition) is 20. The number of aromatic nitrogens is 6. The van der Waals surface area contributed by atoms with Crippen LogP contribution in [0.4, 0.5) is 29.0 Å². The Bertz CT molecular complexity index is 3150. The maximum atomic E-state index is 13.3. The molecule has 2 aliphatic heterocycles. The highest BCUT2D eigenvalue weighted by Gasteiger charge is 2.41. The maximum Gasteiger partial charge on any atom is 0.251 e. The first-order valence-corrected chi connectivity index (χ1v) is 29.7. The van der Waals surface area contributed by atoms with Gasteiger partial charge in [-0.2, -0.15) is 10.1 Å². The summed E-state index contributed by atoms with van der Waals surface area (Å²) in [6.07, 6.45) is 13.1. The average Bonchev–Trinajstić information content (AvgIpc) is 2.52. The van der Waals surface area contributed by atoms with E-state index >= 15 is 0 Å². The Kier molecular flexibility index (Phi) is 23.8. The number of anilines is 5. The number of carbonyl (C=O) groups excluding carboxylic acids is 3. The number of para-hydroxylation sites is 1. The van der Waals surface area contributed by atoms with Gasteiger partial charge in [-0.25, -0.2) is 19.6 Å². The molecule has 3 aromatic carbocycles. The second kappa shape index (κ2) is 32.6. The fourth-order valence-corrected chi connectivity index (χ4v) is 10.7. The Hall–Kier alpha value is -7.84. The smallest absolute Gasteiger partial charge is 0.251 e. The van der Waals surface area contributed by atoms with Gasteiger partial charge in [0.1, 0.15) is 46.8 Å². The predicted octanol–water partition coefficient (Wildman–Crippen LogP) is 7.18. The van der Waals surface area contributed by atoms with Crippen molar-refractivity contribution >= 4 is 57.7 Å². The Morgan fingerprint density at radius 3 is 2.05 bits per heavy atom. The van der Waals surface area contributed by atoms with Gasteiger partial charge in [0.25, 0.3) is 5.91 Å². The third kappa shape index (κ3) is 17.0. The van der Waals surface area contributed by atoms with Crippen molar-refractivity contribution in [3.8, 4) is 28.5 Å². The van der Waals surface area contributed by atoms with Gasteiger partial charge < -0.3 is 73.7 Å². The van der Waals surface area contributed by atoms with Gasteiger partial charge in [-0.05, 0) is 86.7 Å². The van der Waals surface area contributed by atoms with Gasteiger partial charge in [-0.3, -0.25) is 14.4 Å². The predicted molar refractivity (Wildman–Crippen MR) is 324 cm³/mol. The zero-order chi connectivity index (χ0) is 59.9. The molecule has 3 amide bonds. The van der Waals surface area contributed by atoms with Crippen LogP contribution < -0.4 is 35.6 Å². The first kappa shape index (κ1) is 62.7. The van der Waals surface area contributed by atoms with Gasteiger partial charge in [0.2, 0.25) is 17.8 Å². The molecule has 2 atom stereocenters. The summed E-state index contributed by atoms with van der Waals surface area (Å²) in [5.41, 5.74) is 10.3. The number of nitrogens with one attached hydrogen (secondary N) is 2. The molecule has 4 N–H and O–H groups in total. The number of ether oxygens (including phenoxy) is 9. The number of nitrogens with zero attached hydrogens (tertiary/aromatic N) is 9. The summed E-state index contributed by atoms with van der Waals surface area (Å²) in [7, 11) is 3.32. The fourth-order valence-electron chi connectivity index (χ4n) is 10.7. The van der Waals surface area contributed by atoms with Crippen molar-refractivity contribution in [1.29, 1.82) is 0 Å². The minimum atomic E-state index is -0.272. The minimum absolute atomic E-state index is 0.0590. The van der Waals surface area contributed by atoms with Crippen molar-refractivity contribution in [3.63, 3.8) is 0 Å². The molecule has 2 fully saturated rings. The maximum absolute atomic E-state index is 13.3. The molecule has 24 nitrogen and oxygen atoms in total. The standard InChI is InChI=1S/C62H80N12O12/c1-4-51-61(77)71(2)52-41-65-62(69-58(52)73(51)46-12-8-9-13-46)68-50-23-20-45(40-53(50)78-3)60(76)64-24-27-80-29-31-82-33-35-84-37-39-85-38-36-83-34-32-81-30-28-79-26-11-17-54(75)72-25-10-14-47(42-72)74-59-55(57(63)66-43-67-59)56(70-74)44-18-21-49(22-19-44)86-48-15-6-5-7-16-48/h5-7,11,15-23,40-41,43,46-47,51H,4,8-10,12-14,24-39,42H2,1-3H3,(H,64,76)(H2,63,66,67)(H,65,68,69)/b17-11+/t47-,51-/m1/s1. The van der Waals surface area contributed by atoms with Gasteiger partial charge in [-0.1, -0.05) is 44.0 Å². The number of carbonyl (C=O) groups is 3. The van der Waals surface area contributed by atoms with Crippen molar-refractivity contribution in [2.75, 3.05) is 147 Å². The van der Waals surface area contributed by atoms with E-state index in [1.165, 1.54) is 6.33 Å². The lowest BCUT2D eigenvalue weighted by molar-refractivity contribution is -0.127. The van der Waals surface area contributed by atoms with E-state index in [-0.39, 0.29) is 42.5 Å². The molecule has 0 radical (unpaired) electrons. The molecule has 24 heteroatoms. The van der Waals surface area contributed by atoms with Crippen LogP contribution in [-0.2, 0) is 42.7 Å². The molecule has 1 saturated heterocycles. The number of nitrogen functional groups attached to an aromatic ring is 1. The summed E-state index contributed by atoms with van der Waals surface area (Å²) in [5.74, 6) is 3.07. The highest BCUT2D eigenvalue weighted by molar-refractivity contribution is 6.04. The first-order chi connectivity index (χ1) is 42.2. The Labute approximate surface area is 501 Å². The summed E-state index contributed by atoms with van der Waals surface area (Å²) in [5, 5.41) is 11.8. The molecule has 3 aromatic heterocycles. The SMILES string of the molecule is CC[C@@H]1C(=O)N(C)c2cnc(Nc3ccc(C(=O)NCCOCCOCCOCCOCCOCCOCCOC/C=C/C(=O)N4CCC[C@@H](n5nc(-c6ccc(Oc7ccccc7)cc6)c6c(N)ncnc65)C4)cc3OC)nc2N1C1CCCC1. The molecular weight excluding hydrogens is 1100 g/mol. The number of fused-ring (bicyclic) bond motifs is 2. The lowest BCUT2D eigenvalue weighted by atomic mass is 10.0. The second-order valence-corrected chi connectivity index (χ2v) is 20.8. The van der Waals surface area contributed by atoms with Crippen molar-refractivity contribution in [1.82, 2.24) is 39.9 Å². The van der Waals surface area contributed by atoms with Crippen LogP contribution in [0.1, 0.15) is 68.3 Å². The molecule has 86 heavy (non-hydrogen) atoms. The topological polar surface area (TPSA) is 263 Å². The summed E-state index contributed by atoms with van der Waals surface area (Å²) < 4.78 is 52.8. The van der Waals surface area contributed by atoms with E-state index in [0.29, 0.717) is 169 Å². The minimum Gasteiger partial charge on any atom is -0.495 e. The zero-order valence-electron chi connectivity index (χ0n) is 49.4. The van der Waals surface area contributed by atoms with E-state index < -0.39 is 0 Å². The fraction of sp³-hybridized carbons (Fsp3) is 0.484. The molecule has 460 valence electrons. The number of likely N-dealkylation sites (tertiary alicyclic amines) is 1. The van der Waals surface area contributed by atoms with Crippen molar-refractivity contribution in [3.05, 3.63) is 103 Å². The molecule has 1 saturated carbocycles. The molecule has 9 rings (SSSR count). The molecule has 0 bridgehead atoms. The number of piperidine rings is 1. The lowest BCUT2D eigenvalue weighted by Gasteiger charge is -2.43. The monoisotopic (exact) mass is 1180 g/mol. The van der Waals surface area contributed by atoms with Crippen LogP contribution in [0.2, 0.25) is 0 Å². The van der Waals surface area contributed by atoms with Gasteiger partial charge >= 0.3 is 0 Å². The largest absolute Gasteiger partial charge is 0.495 e. The second-order valence-electron chi connectivity index (χ2n) is 20.8. The molecule has 0 spiro atoms. The van der Waals surface area contributed by atoms with Gasteiger partial charge in [-0.15, -0.1) is 0 Å².